The van der Waals surface area contributed by atoms with E-state index < -0.39 is 15.0 Å². The predicted octanol–water partition coefficient (Wildman–Crippen LogP) is 2.01. The Morgan fingerprint density at radius 2 is 1.29 bits per heavy atom. The fourth-order valence-electron chi connectivity index (χ4n) is 2.44. The summed E-state index contributed by atoms with van der Waals surface area (Å²) in [5.74, 6) is 0.123. The van der Waals surface area contributed by atoms with E-state index in [4.69, 9.17) is 24.1 Å². The maximum absolute atomic E-state index is 11.7. The number of aliphatic hydroxyl groups excluding tert-OH is 1. The Morgan fingerprint density at radius 1 is 0.871 bits per heavy atom. The number of nitrogens with one attached hydrogen (secondary N) is 2. The quantitative estimate of drug-likeness (QED) is 0.156. The predicted molar refractivity (Wildman–Crippen MR) is 125 cm³/mol. The molecule has 0 aromatic rings. The first-order valence-corrected chi connectivity index (χ1v) is 13.5. The molecule has 0 heterocycles. The van der Waals surface area contributed by atoms with Gasteiger partial charge in [-0.25, -0.2) is 0 Å². The molecule has 0 saturated carbocycles. The molecule has 0 aliphatic heterocycles. The summed E-state index contributed by atoms with van der Waals surface area (Å²) in [6.45, 7) is 16.1. The Morgan fingerprint density at radius 3 is 1.65 bits per heavy atom. The topological polar surface area (TPSA) is 132 Å². The van der Waals surface area contributed by atoms with Gasteiger partial charge in [0, 0.05) is 44.2 Å². The molecule has 3 unspecified atom stereocenters. The third-order valence-corrected chi connectivity index (χ3v) is 7.81. The molecule has 0 bridgehead atoms. The van der Waals surface area contributed by atoms with E-state index in [0.29, 0.717) is 26.4 Å². The average Bonchev–Trinajstić information content (AvgIpc) is 2.74. The SMILES string of the molecule is CCC(C)C(=O)NCC(N)O.CCO[Si](CCCNC(=O)C(C)CC)(OCC)OCC. The molecule has 0 fully saturated rings. The molecule has 5 N–H and O–H groups in total. The van der Waals surface area contributed by atoms with Crippen LogP contribution in [0.5, 0.6) is 0 Å². The maximum Gasteiger partial charge on any atom is 0.500 e. The highest BCUT2D eigenvalue weighted by atomic mass is 28.4. The minimum absolute atomic E-state index is 0.00579. The fraction of sp³-hybridized carbons (Fsp3) is 0.905. The van der Waals surface area contributed by atoms with Gasteiger partial charge < -0.3 is 34.8 Å². The number of carbonyl (C=O) groups is 2. The molecule has 0 rings (SSSR count). The minimum atomic E-state index is -2.55. The summed E-state index contributed by atoms with van der Waals surface area (Å²) < 4.78 is 17.3. The Labute approximate surface area is 190 Å². The normalized spacial score (nSPS) is 14.1. The lowest BCUT2D eigenvalue weighted by Crippen LogP contribution is -2.46. The number of nitrogens with two attached hydrogens (primary N) is 1. The van der Waals surface area contributed by atoms with Crippen molar-refractivity contribution in [3.63, 3.8) is 0 Å². The second-order valence-corrected chi connectivity index (χ2v) is 10.0. The lowest BCUT2D eigenvalue weighted by Gasteiger charge is -2.28. The van der Waals surface area contributed by atoms with Gasteiger partial charge in [0.2, 0.25) is 11.8 Å². The van der Waals surface area contributed by atoms with E-state index in [1.807, 2.05) is 48.5 Å². The van der Waals surface area contributed by atoms with Gasteiger partial charge >= 0.3 is 8.80 Å². The number of hydrogen-bond donors (Lipinski definition) is 4. The monoisotopic (exact) mass is 465 g/mol. The van der Waals surface area contributed by atoms with Crippen molar-refractivity contribution in [3.8, 4) is 0 Å². The van der Waals surface area contributed by atoms with Crippen LogP contribution in [0.1, 0.15) is 67.7 Å². The van der Waals surface area contributed by atoms with E-state index in [9.17, 15) is 9.59 Å². The Balaban J connectivity index is 0. The van der Waals surface area contributed by atoms with E-state index in [2.05, 4.69) is 10.6 Å². The molecule has 186 valence electrons. The summed E-state index contributed by atoms with van der Waals surface area (Å²) in [5.41, 5.74) is 5.02. The van der Waals surface area contributed by atoms with Crippen LogP contribution < -0.4 is 16.4 Å². The first-order chi connectivity index (χ1) is 14.6. The molecular weight excluding hydrogens is 418 g/mol. The highest BCUT2D eigenvalue weighted by Gasteiger charge is 2.39. The van der Waals surface area contributed by atoms with Gasteiger partial charge in [-0.1, -0.05) is 27.7 Å². The smallest absolute Gasteiger partial charge is 0.377 e. The summed E-state index contributed by atoms with van der Waals surface area (Å²) in [6, 6.07) is 0.739. The molecule has 0 aliphatic carbocycles. The Bertz CT molecular complexity index is 451. The van der Waals surface area contributed by atoms with Crippen LogP contribution in [0.4, 0.5) is 0 Å². The van der Waals surface area contributed by atoms with E-state index >= 15 is 0 Å². The zero-order valence-electron chi connectivity index (χ0n) is 20.7. The highest BCUT2D eigenvalue weighted by molar-refractivity contribution is 6.60. The van der Waals surface area contributed by atoms with Gasteiger partial charge in [0.25, 0.3) is 0 Å². The van der Waals surface area contributed by atoms with Crippen LogP contribution >= 0.6 is 0 Å². The molecule has 10 heteroatoms. The van der Waals surface area contributed by atoms with Gasteiger partial charge in [-0.2, -0.15) is 0 Å². The van der Waals surface area contributed by atoms with E-state index in [0.717, 1.165) is 25.3 Å². The fourth-order valence-corrected chi connectivity index (χ4v) is 5.05. The van der Waals surface area contributed by atoms with Gasteiger partial charge in [0.15, 0.2) is 0 Å². The number of carbonyl (C=O) groups excluding carboxylic acids is 2. The van der Waals surface area contributed by atoms with Gasteiger partial charge in [0.05, 0.1) is 6.54 Å². The zero-order valence-corrected chi connectivity index (χ0v) is 21.7. The van der Waals surface area contributed by atoms with Crippen molar-refractivity contribution in [3.05, 3.63) is 0 Å². The average molecular weight is 466 g/mol. The van der Waals surface area contributed by atoms with Crippen molar-refractivity contribution in [1.29, 1.82) is 0 Å². The largest absolute Gasteiger partial charge is 0.500 e. The minimum Gasteiger partial charge on any atom is -0.377 e. The Hall–Kier alpha value is -1.04. The lowest BCUT2D eigenvalue weighted by molar-refractivity contribution is -0.125. The van der Waals surface area contributed by atoms with Crippen molar-refractivity contribution < 1.29 is 28.0 Å². The summed E-state index contributed by atoms with van der Waals surface area (Å²) >= 11 is 0. The standard InChI is InChI=1S/C14H31NO4Si.C7H16N2O2/c1-6-13(5)14(16)15-11-10-12-20(17-7-2,18-8-3)19-9-4;1-3-5(2)7(11)9-4-6(8)10/h13H,6-12H2,1-5H3,(H,15,16);5-6,10H,3-4,8H2,1-2H3,(H,9,11). The third kappa shape index (κ3) is 16.3. The molecule has 0 aromatic heterocycles. The molecule has 0 radical (unpaired) electrons. The van der Waals surface area contributed by atoms with E-state index in [1.165, 1.54) is 0 Å². The molecule has 9 nitrogen and oxygen atoms in total. The van der Waals surface area contributed by atoms with Gasteiger partial charge in [-0.3, -0.25) is 9.59 Å². The van der Waals surface area contributed by atoms with Crippen LogP contribution in [0.2, 0.25) is 6.04 Å². The molecule has 3 atom stereocenters. The first kappa shape index (κ1) is 32.1. The summed E-state index contributed by atoms with van der Waals surface area (Å²) in [6.07, 6.45) is 1.52. The van der Waals surface area contributed by atoms with Crippen LogP contribution in [0.25, 0.3) is 0 Å². The Kier molecular flexibility index (Phi) is 20.3. The van der Waals surface area contributed by atoms with Crippen LogP contribution in [0.15, 0.2) is 0 Å². The first-order valence-electron chi connectivity index (χ1n) is 11.5. The maximum atomic E-state index is 11.7. The molecule has 2 amide bonds. The number of aliphatic hydroxyl groups is 1. The molecule has 0 spiro atoms. The summed E-state index contributed by atoms with van der Waals surface area (Å²) in [4.78, 5) is 22.7. The van der Waals surface area contributed by atoms with Gasteiger partial charge in [-0.15, -0.1) is 0 Å². The van der Waals surface area contributed by atoms with Crippen molar-refractivity contribution in [2.75, 3.05) is 32.9 Å². The number of amides is 2. The summed E-state index contributed by atoms with van der Waals surface area (Å²) in [7, 11) is -2.55. The van der Waals surface area contributed by atoms with Crippen molar-refractivity contribution in [1.82, 2.24) is 10.6 Å². The molecule has 0 aromatic carbocycles. The van der Waals surface area contributed by atoms with Crippen LogP contribution in [-0.4, -0.2) is 64.9 Å². The van der Waals surface area contributed by atoms with Crippen molar-refractivity contribution in [2.45, 2.75) is 80.0 Å². The van der Waals surface area contributed by atoms with Crippen LogP contribution in [0.3, 0.4) is 0 Å². The number of hydrogen-bond acceptors (Lipinski definition) is 7. The zero-order chi connectivity index (χ0) is 24.3. The second kappa shape index (κ2) is 19.6. The lowest BCUT2D eigenvalue weighted by atomic mass is 10.1. The molecule has 0 aliphatic rings. The highest BCUT2D eigenvalue weighted by Crippen LogP contribution is 2.17. The van der Waals surface area contributed by atoms with Crippen LogP contribution in [-0.2, 0) is 22.9 Å². The van der Waals surface area contributed by atoms with Gasteiger partial charge in [-0.05, 0) is 40.0 Å². The molecular formula is C21H47N3O6Si. The van der Waals surface area contributed by atoms with Gasteiger partial charge in [0.1, 0.15) is 6.23 Å². The van der Waals surface area contributed by atoms with E-state index in [-0.39, 0.29) is 30.2 Å². The second-order valence-electron chi connectivity index (χ2n) is 7.31. The molecule has 0 saturated heterocycles. The van der Waals surface area contributed by atoms with E-state index in [1.54, 1.807) is 0 Å². The van der Waals surface area contributed by atoms with Crippen LogP contribution in [0, 0.1) is 11.8 Å². The van der Waals surface area contributed by atoms with Crippen molar-refractivity contribution in [2.24, 2.45) is 17.6 Å². The van der Waals surface area contributed by atoms with Crippen molar-refractivity contribution >= 4 is 20.6 Å². The third-order valence-electron chi connectivity index (χ3n) is 4.66. The number of rotatable bonds is 16. The summed E-state index contributed by atoms with van der Waals surface area (Å²) in [5, 5.41) is 14.1. The molecule has 31 heavy (non-hydrogen) atoms.